The molecule has 0 heterocycles. The van der Waals surface area contributed by atoms with Crippen LogP contribution in [0.3, 0.4) is 0 Å². The molecule has 2 atom stereocenters. The Bertz CT molecular complexity index is 887. The number of hydrogen-bond acceptors (Lipinski definition) is 3. The van der Waals surface area contributed by atoms with E-state index in [2.05, 4.69) is 5.32 Å². The smallest absolute Gasteiger partial charge is 0.242 e. The van der Waals surface area contributed by atoms with Crippen LogP contribution < -0.4 is 5.32 Å². The van der Waals surface area contributed by atoms with Crippen molar-refractivity contribution in [2.75, 3.05) is 5.75 Å². The fourth-order valence-corrected chi connectivity index (χ4v) is 4.70. The molecule has 168 valence electrons. The van der Waals surface area contributed by atoms with Crippen LogP contribution in [0.25, 0.3) is 0 Å². The van der Waals surface area contributed by atoms with E-state index < -0.39 is 6.04 Å². The number of benzene rings is 2. The van der Waals surface area contributed by atoms with Gasteiger partial charge < -0.3 is 10.2 Å². The lowest BCUT2D eigenvalue weighted by atomic mass is 10.1. The van der Waals surface area contributed by atoms with Crippen LogP contribution in [0.15, 0.2) is 42.5 Å². The van der Waals surface area contributed by atoms with Gasteiger partial charge in [-0.15, -0.1) is 11.8 Å². The number of carbonyl (C=O) groups excluding carboxylic acids is 2. The highest BCUT2D eigenvalue weighted by atomic mass is 35.5. The van der Waals surface area contributed by atoms with Gasteiger partial charge >= 0.3 is 0 Å². The molecule has 2 rings (SSSR count). The lowest BCUT2D eigenvalue weighted by molar-refractivity contribution is -0.138. The number of amides is 2. The summed E-state index contributed by atoms with van der Waals surface area (Å²) < 4.78 is 0. The molecule has 0 radical (unpaired) electrons. The first-order valence-electron chi connectivity index (χ1n) is 10.4. The number of nitrogens with one attached hydrogen (secondary N) is 1. The molecule has 0 saturated carbocycles. The van der Waals surface area contributed by atoms with Crippen LogP contribution in [-0.4, -0.2) is 34.6 Å². The first-order chi connectivity index (χ1) is 14.7. The molecule has 7 heteroatoms. The highest BCUT2D eigenvalue weighted by molar-refractivity contribution is 7.99. The molecule has 2 aromatic carbocycles. The first kappa shape index (κ1) is 25.6. The van der Waals surface area contributed by atoms with E-state index in [0.717, 1.165) is 23.1 Å². The predicted molar refractivity (Wildman–Crippen MR) is 132 cm³/mol. The lowest BCUT2D eigenvalue weighted by Crippen LogP contribution is -2.50. The van der Waals surface area contributed by atoms with Gasteiger partial charge in [0.25, 0.3) is 0 Å². The number of thioether (sulfide) groups is 1. The molecule has 0 saturated heterocycles. The van der Waals surface area contributed by atoms with Crippen LogP contribution in [0, 0.1) is 6.92 Å². The van der Waals surface area contributed by atoms with Crippen molar-refractivity contribution in [2.24, 2.45) is 0 Å². The number of halogens is 2. The Balaban J connectivity index is 2.12. The zero-order chi connectivity index (χ0) is 23.0. The first-order valence-corrected chi connectivity index (χ1v) is 12.3. The van der Waals surface area contributed by atoms with Crippen LogP contribution in [0.2, 0.25) is 10.0 Å². The molecule has 0 bridgehead atoms. The topological polar surface area (TPSA) is 49.4 Å². The molecule has 0 aliphatic carbocycles. The summed E-state index contributed by atoms with van der Waals surface area (Å²) in [7, 11) is 0. The van der Waals surface area contributed by atoms with E-state index in [9.17, 15) is 9.59 Å². The predicted octanol–water partition coefficient (Wildman–Crippen LogP) is 5.87. The van der Waals surface area contributed by atoms with Crippen LogP contribution in [0.1, 0.15) is 43.9 Å². The van der Waals surface area contributed by atoms with E-state index in [0.29, 0.717) is 22.3 Å². The van der Waals surface area contributed by atoms with Crippen LogP contribution in [0.4, 0.5) is 0 Å². The molecular weight excluding hydrogens is 451 g/mol. The Morgan fingerprint density at radius 2 is 1.74 bits per heavy atom. The van der Waals surface area contributed by atoms with Crippen LogP contribution >= 0.6 is 35.0 Å². The van der Waals surface area contributed by atoms with Gasteiger partial charge in [0.15, 0.2) is 0 Å². The highest BCUT2D eigenvalue weighted by Gasteiger charge is 2.26. The van der Waals surface area contributed by atoms with E-state index in [1.807, 2.05) is 45.0 Å². The van der Waals surface area contributed by atoms with Gasteiger partial charge in [-0.2, -0.15) is 0 Å². The van der Waals surface area contributed by atoms with Gasteiger partial charge in [-0.05, 0) is 50.5 Å². The van der Waals surface area contributed by atoms with Crippen LogP contribution in [0.5, 0.6) is 0 Å². The normalized spacial score (nSPS) is 12.8. The molecule has 2 aromatic rings. The number of carbonyl (C=O) groups is 2. The quantitative estimate of drug-likeness (QED) is 0.462. The molecule has 0 spiro atoms. The summed E-state index contributed by atoms with van der Waals surface area (Å²) in [5.41, 5.74) is 2.93. The van der Waals surface area contributed by atoms with E-state index in [-0.39, 0.29) is 23.6 Å². The number of hydrogen-bond donors (Lipinski definition) is 1. The van der Waals surface area contributed by atoms with Crippen molar-refractivity contribution in [3.63, 3.8) is 0 Å². The van der Waals surface area contributed by atoms with Crippen molar-refractivity contribution in [1.29, 1.82) is 0 Å². The Morgan fingerprint density at radius 1 is 1.10 bits per heavy atom. The van der Waals surface area contributed by atoms with Gasteiger partial charge in [0, 0.05) is 28.4 Å². The third kappa shape index (κ3) is 7.74. The third-order valence-corrected chi connectivity index (χ3v) is 6.79. The Hall–Kier alpha value is -1.69. The zero-order valence-electron chi connectivity index (χ0n) is 18.5. The van der Waals surface area contributed by atoms with Crippen molar-refractivity contribution >= 4 is 46.8 Å². The number of rotatable bonds is 10. The number of aryl methyl sites for hydroxylation is 1. The molecule has 0 unspecified atom stereocenters. The van der Waals surface area contributed by atoms with Gasteiger partial charge in [-0.3, -0.25) is 9.59 Å². The second-order valence-electron chi connectivity index (χ2n) is 7.70. The molecule has 2 amide bonds. The summed E-state index contributed by atoms with van der Waals surface area (Å²) in [6, 6.07) is 12.8. The molecule has 1 N–H and O–H groups in total. The SMILES string of the molecule is CC[C@H](C)NC(=O)[C@H](C)N(Cc1cccc(C)c1)C(=O)CSCc1c(Cl)cccc1Cl. The van der Waals surface area contributed by atoms with Crippen molar-refractivity contribution in [3.8, 4) is 0 Å². The minimum absolute atomic E-state index is 0.0580. The van der Waals surface area contributed by atoms with Crippen molar-refractivity contribution in [3.05, 3.63) is 69.2 Å². The fourth-order valence-electron chi connectivity index (χ4n) is 3.05. The molecular formula is C24H30Cl2N2O2S. The monoisotopic (exact) mass is 480 g/mol. The van der Waals surface area contributed by atoms with Crippen molar-refractivity contribution < 1.29 is 9.59 Å². The summed E-state index contributed by atoms with van der Waals surface area (Å²) in [5, 5.41) is 4.16. The minimum atomic E-state index is -0.577. The molecule has 4 nitrogen and oxygen atoms in total. The minimum Gasteiger partial charge on any atom is -0.352 e. The van der Waals surface area contributed by atoms with Crippen molar-refractivity contribution in [1.82, 2.24) is 10.2 Å². The van der Waals surface area contributed by atoms with Crippen molar-refractivity contribution in [2.45, 2.75) is 58.5 Å². The molecule has 0 aliphatic heterocycles. The summed E-state index contributed by atoms with van der Waals surface area (Å²) in [4.78, 5) is 27.6. The van der Waals surface area contributed by atoms with Gasteiger partial charge in [-0.25, -0.2) is 0 Å². The second-order valence-corrected chi connectivity index (χ2v) is 9.50. The third-order valence-electron chi connectivity index (χ3n) is 5.14. The summed E-state index contributed by atoms with van der Waals surface area (Å²) in [5.74, 6) is 0.514. The summed E-state index contributed by atoms with van der Waals surface area (Å²) in [6.07, 6.45) is 0.832. The van der Waals surface area contributed by atoms with E-state index in [4.69, 9.17) is 23.2 Å². The van der Waals surface area contributed by atoms with Gasteiger partial charge in [0.05, 0.1) is 5.75 Å². The zero-order valence-corrected chi connectivity index (χ0v) is 20.8. The molecule has 0 aromatic heterocycles. The summed E-state index contributed by atoms with van der Waals surface area (Å²) >= 11 is 13.9. The number of nitrogens with zero attached hydrogens (tertiary/aromatic N) is 1. The van der Waals surface area contributed by atoms with E-state index >= 15 is 0 Å². The molecule has 0 fully saturated rings. The largest absolute Gasteiger partial charge is 0.352 e. The standard InChI is InChI=1S/C24H30Cl2N2O2S/c1-5-17(3)27-24(30)18(4)28(13-19-9-6-8-16(2)12-19)23(29)15-31-14-20-21(25)10-7-11-22(20)26/h6-12,17-18H,5,13-15H2,1-4H3,(H,27,30)/t17-,18-/m0/s1. The molecule has 0 aliphatic rings. The summed E-state index contributed by atoms with van der Waals surface area (Å²) in [6.45, 7) is 8.14. The molecule has 31 heavy (non-hydrogen) atoms. The maximum absolute atomic E-state index is 13.2. The average molecular weight is 481 g/mol. The van der Waals surface area contributed by atoms with Gasteiger partial charge in [-0.1, -0.05) is 66.0 Å². The maximum atomic E-state index is 13.2. The maximum Gasteiger partial charge on any atom is 0.242 e. The lowest BCUT2D eigenvalue weighted by Gasteiger charge is -2.29. The Labute approximate surface area is 199 Å². The van der Waals surface area contributed by atoms with E-state index in [1.54, 1.807) is 30.0 Å². The Kier molecular flexibility index (Phi) is 10.2. The average Bonchev–Trinajstić information content (AvgIpc) is 2.73. The Morgan fingerprint density at radius 3 is 2.35 bits per heavy atom. The van der Waals surface area contributed by atoms with Gasteiger partial charge in [0.1, 0.15) is 6.04 Å². The fraction of sp³-hybridized carbons (Fsp3) is 0.417. The second kappa shape index (κ2) is 12.4. The van der Waals surface area contributed by atoms with Gasteiger partial charge in [0.2, 0.25) is 11.8 Å². The highest BCUT2D eigenvalue weighted by Crippen LogP contribution is 2.28. The van der Waals surface area contributed by atoms with Crippen LogP contribution in [-0.2, 0) is 21.9 Å². The van der Waals surface area contributed by atoms with E-state index in [1.165, 1.54) is 11.8 Å².